The molecule has 2 bridgehead atoms. The van der Waals surface area contributed by atoms with Gasteiger partial charge in [-0.3, -0.25) is 0 Å². The van der Waals surface area contributed by atoms with E-state index in [0.29, 0.717) is 6.61 Å². The van der Waals surface area contributed by atoms with Crippen molar-refractivity contribution in [2.24, 2.45) is 17.8 Å². The normalized spacial score (nSPS) is 33.8. The molecule has 2 rings (SSSR count). The molecule has 0 aromatic carbocycles. The molecule has 4 unspecified atom stereocenters. The Morgan fingerprint density at radius 1 is 1.31 bits per heavy atom. The van der Waals surface area contributed by atoms with Gasteiger partial charge in [0.25, 0.3) is 0 Å². The van der Waals surface area contributed by atoms with Crippen molar-refractivity contribution >= 4 is 0 Å². The molecule has 2 aliphatic carbocycles. The minimum absolute atomic E-state index is 0. The van der Waals surface area contributed by atoms with Gasteiger partial charge in [0.05, 0.1) is 13.2 Å². The van der Waals surface area contributed by atoms with Crippen molar-refractivity contribution < 1.29 is 47.3 Å². The zero-order valence-corrected chi connectivity index (χ0v) is 12.9. The van der Waals surface area contributed by atoms with E-state index in [9.17, 15) is 0 Å². The Labute approximate surface area is 123 Å². The van der Waals surface area contributed by atoms with Crippen molar-refractivity contribution in [3.8, 4) is 0 Å². The standard InChI is InChI=1S/C12H22O3.Y/c1-14-12(6-13)8-15-7-11-5-9-2-3-10(11)4-9;/h9-13H,2-8H2,1H3;. The minimum atomic E-state index is -0.149. The average molecular weight is 303 g/mol. The van der Waals surface area contributed by atoms with Crippen molar-refractivity contribution in [2.45, 2.75) is 31.8 Å². The molecule has 1 radical (unpaired) electrons. The number of hydrogen-bond donors (Lipinski definition) is 1. The second kappa shape index (κ2) is 7.43. The van der Waals surface area contributed by atoms with Gasteiger partial charge in [-0.05, 0) is 37.0 Å². The number of aliphatic hydroxyl groups excluding tert-OH is 1. The number of hydrogen-bond acceptors (Lipinski definition) is 3. The predicted octanol–water partition coefficient (Wildman–Crippen LogP) is 1.44. The van der Waals surface area contributed by atoms with Crippen molar-refractivity contribution in [1.29, 1.82) is 0 Å². The SMILES string of the molecule is COC(CO)COCC1CC2CCC1C2.[Y]. The molecule has 2 aliphatic rings. The Kier molecular flexibility index (Phi) is 6.98. The van der Waals surface area contributed by atoms with E-state index in [4.69, 9.17) is 14.6 Å². The van der Waals surface area contributed by atoms with Crippen LogP contribution >= 0.6 is 0 Å². The third kappa shape index (κ3) is 3.74. The fraction of sp³-hybridized carbons (Fsp3) is 1.00. The molecule has 0 heterocycles. The average Bonchev–Trinajstić information content (AvgIpc) is 2.86. The molecule has 91 valence electrons. The number of rotatable bonds is 6. The number of fused-ring (bicyclic) bond motifs is 2. The molecule has 2 saturated carbocycles. The van der Waals surface area contributed by atoms with E-state index in [0.717, 1.165) is 24.4 Å². The van der Waals surface area contributed by atoms with Crippen LogP contribution in [0.25, 0.3) is 0 Å². The van der Waals surface area contributed by atoms with Crippen LogP contribution in [-0.2, 0) is 42.2 Å². The summed E-state index contributed by atoms with van der Waals surface area (Å²) < 4.78 is 10.7. The molecular formula is C12H22O3Y. The number of ether oxygens (including phenoxy) is 2. The molecule has 2 fully saturated rings. The Balaban J connectivity index is 0.00000128. The molecule has 0 aromatic heterocycles. The van der Waals surface area contributed by atoms with E-state index in [1.807, 2.05) is 0 Å². The topological polar surface area (TPSA) is 38.7 Å². The first-order valence-corrected chi connectivity index (χ1v) is 6.05. The summed E-state index contributed by atoms with van der Waals surface area (Å²) in [5.74, 6) is 2.68. The van der Waals surface area contributed by atoms with Gasteiger partial charge in [0.2, 0.25) is 0 Å². The monoisotopic (exact) mass is 303 g/mol. The van der Waals surface area contributed by atoms with E-state index in [1.54, 1.807) is 7.11 Å². The van der Waals surface area contributed by atoms with Crippen LogP contribution in [0, 0.1) is 17.8 Å². The van der Waals surface area contributed by atoms with Crippen LogP contribution in [0.3, 0.4) is 0 Å². The van der Waals surface area contributed by atoms with E-state index in [-0.39, 0.29) is 45.4 Å². The van der Waals surface area contributed by atoms with Crippen LogP contribution in [0.15, 0.2) is 0 Å². The molecule has 3 nitrogen and oxygen atoms in total. The number of methoxy groups -OCH3 is 1. The van der Waals surface area contributed by atoms with Gasteiger partial charge in [-0.25, -0.2) is 0 Å². The first-order valence-electron chi connectivity index (χ1n) is 6.05. The Bertz CT molecular complexity index is 197. The molecule has 0 amide bonds. The summed E-state index contributed by atoms with van der Waals surface area (Å²) in [5, 5.41) is 8.92. The molecule has 1 N–H and O–H groups in total. The van der Waals surface area contributed by atoms with Crippen molar-refractivity contribution in [3.63, 3.8) is 0 Å². The zero-order valence-electron chi connectivity index (χ0n) is 10.1. The summed E-state index contributed by atoms with van der Waals surface area (Å²) >= 11 is 0. The first kappa shape index (κ1) is 15.0. The molecule has 0 saturated heterocycles. The van der Waals surface area contributed by atoms with Crippen LogP contribution in [0.1, 0.15) is 25.7 Å². The van der Waals surface area contributed by atoms with Crippen molar-refractivity contribution in [2.75, 3.05) is 26.9 Å². The van der Waals surface area contributed by atoms with Gasteiger partial charge in [0.15, 0.2) is 0 Å². The van der Waals surface area contributed by atoms with E-state index < -0.39 is 0 Å². The predicted molar refractivity (Wildman–Crippen MR) is 57.6 cm³/mol. The van der Waals surface area contributed by atoms with Gasteiger partial charge >= 0.3 is 0 Å². The van der Waals surface area contributed by atoms with Crippen molar-refractivity contribution in [3.05, 3.63) is 0 Å². The van der Waals surface area contributed by atoms with Gasteiger partial charge < -0.3 is 14.6 Å². The molecular weight excluding hydrogens is 281 g/mol. The summed E-state index contributed by atoms with van der Waals surface area (Å²) in [7, 11) is 1.61. The van der Waals surface area contributed by atoms with Gasteiger partial charge in [0.1, 0.15) is 6.10 Å². The summed E-state index contributed by atoms with van der Waals surface area (Å²) in [5.41, 5.74) is 0. The molecule has 0 spiro atoms. The third-order valence-corrected chi connectivity index (χ3v) is 4.06. The maximum atomic E-state index is 8.92. The van der Waals surface area contributed by atoms with Crippen LogP contribution in [0.5, 0.6) is 0 Å². The first-order chi connectivity index (χ1) is 7.33. The second-order valence-electron chi connectivity index (χ2n) is 5.01. The quantitative estimate of drug-likeness (QED) is 0.807. The second-order valence-corrected chi connectivity index (χ2v) is 5.01. The van der Waals surface area contributed by atoms with E-state index >= 15 is 0 Å². The van der Waals surface area contributed by atoms with Gasteiger partial charge in [0, 0.05) is 46.4 Å². The maximum absolute atomic E-state index is 8.92. The van der Waals surface area contributed by atoms with Crippen LogP contribution in [0.2, 0.25) is 0 Å². The minimum Gasteiger partial charge on any atom is -0.394 e. The smallest absolute Gasteiger partial charge is 0.103 e. The Morgan fingerprint density at radius 2 is 2.12 bits per heavy atom. The van der Waals surface area contributed by atoms with Crippen LogP contribution in [0.4, 0.5) is 0 Å². The molecule has 4 heteroatoms. The van der Waals surface area contributed by atoms with Gasteiger partial charge in [-0.15, -0.1) is 0 Å². The summed E-state index contributed by atoms with van der Waals surface area (Å²) in [6, 6.07) is 0. The molecule has 4 atom stereocenters. The van der Waals surface area contributed by atoms with Gasteiger partial charge in [-0.1, -0.05) is 6.42 Å². The fourth-order valence-corrected chi connectivity index (χ4v) is 3.13. The van der Waals surface area contributed by atoms with Crippen LogP contribution in [-0.4, -0.2) is 38.1 Å². The molecule has 0 aliphatic heterocycles. The Hall–Kier alpha value is 0.984. The summed E-state index contributed by atoms with van der Waals surface area (Å²) in [4.78, 5) is 0. The summed E-state index contributed by atoms with van der Waals surface area (Å²) in [6.45, 7) is 1.44. The van der Waals surface area contributed by atoms with E-state index in [1.165, 1.54) is 25.7 Å². The third-order valence-electron chi connectivity index (χ3n) is 4.06. The van der Waals surface area contributed by atoms with Crippen molar-refractivity contribution in [1.82, 2.24) is 0 Å². The maximum Gasteiger partial charge on any atom is 0.103 e. The van der Waals surface area contributed by atoms with E-state index in [2.05, 4.69) is 0 Å². The fourth-order valence-electron chi connectivity index (χ4n) is 3.13. The molecule has 16 heavy (non-hydrogen) atoms. The zero-order chi connectivity index (χ0) is 10.7. The Morgan fingerprint density at radius 3 is 2.62 bits per heavy atom. The summed E-state index contributed by atoms with van der Waals surface area (Å²) in [6.07, 6.45) is 5.50. The molecule has 0 aromatic rings. The van der Waals surface area contributed by atoms with Crippen LogP contribution < -0.4 is 0 Å². The van der Waals surface area contributed by atoms with Gasteiger partial charge in [-0.2, -0.15) is 0 Å². The number of aliphatic hydroxyl groups is 1. The largest absolute Gasteiger partial charge is 0.394 e.